The Hall–Kier alpha value is -2.55. The number of fused-ring (bicyclic) bond motifs is 1. The van der Waals surface area contributed by atoms with Crippen LogP contribution < -0.4 is 4.90 Å². The van der Waals surface area contributed by atoms with Crippen molar-refractivity contribution in [3.8, 4) is 0 Å². The Morgan fingerprint density at radius 1 is 0.931 bits per heavy atom. The fourth-order valence-corrected chi connectivity index (χ4v) is 5.30. The van der Waals surface area contributed by atoms with Crippen molar-refractivity contribution in [3.05, 3.63) is 65.2 Å². The Morgan fingerprint density at radius 3 is 2.31 bits per heavy atom. The highest BCUT2D eigenvalue weighted by Gasteiger charge is 2.37. The monoisotopic (exact) mass is 413 g/mol. The molecule has 152 valence electrons. The lowest BCUT2D eigenvalue weighted by atomic mass is 10.1. The number of piperazine rings is 1. The van der Waals surface area contributed by atoms with Crippen LogP contribution in [-0.4, -0.2) is 62.2 Å². The second kappa shape index (κ2) is 7.70. The molecule has 0 saturated carbocycles. The highest BCUT2D eigenvalue weighted by atomic mass is 32.2. The Bertz CT molecular complexity index is 1040. The number of amides is 1. The molecule has 0 unspecified atom stereocenters. The summed E-state index contributed by atoms with van der Waals surface area (Å²) in [6, 6.07) is 14.6. The van der Waals surface area contributed by atoms with Gasteiger partial charge in [0.2, 0.25) is 10.0 Å². The second-order valence-electron chi connectivity index (χ2n) is 7.48. The Balaban J connectivity index is 1.40. The Kier molecular flexibility index (Phi) is 5.24. The summed E-state index contributed by atoms with van der Waals surface area (Å²) in [6.45, 7) is 3.92. The molecule has 0 aliphatic carbocycles. The standard InChI is InChI=1S/C21H23N3O4S/c1-16-7-8-19-18(13-16)20(25)21(26)24(19)15-22-9-11-23(12-10-22)29(27,28)14-17-5-3-2-4-6-17/h2-8,13H,9-12,14-15H2,1H3. The number of sulfonamides is 1. The highest BCUT2D eigenvalue weighted by Crippen LogP contribution is 2.30. The van der Waals surface area contributed by atoms with Crippen LogP contribution in [0, 0.1) is 6.92 Å². The topological polar surface area (TPSA) is 78.0 Å². The number of carbonyl (C=O) groups is 2. The normalized spacial score (nSPS) is 18.3. The van der Waals surface area contributed by atoms with Gasteiger partial charge in [-0.2, -0.15) is 4.31 Å². The van der Waals surface area contributed by atoms with Crippen LogP contribution in [0.15, 0.2) is 48.5 Å². The number of nitrogens with zero attached hydrogens (tertiary/aromatic N) is 3. The number of anilines is 1. The largest absolute Gasteiger partial charge is 0.300 e. The van der Waals surface area contributed by atoms with Crippen LogP contribution in [0.3, 0.4) is 0 Å². The lowest BCUT2D eigenvalue weighted by molar-refractivity contribution is -0.114. The van der Waals surface area contributed by atoms with Gasteiger partial charge in [-0.05, 0) is 24.6 Å². The number of benzene rings is 2. The predicted octanol–water partition coefficient (Wildman–Crippen LogP) is 1.63. The molecule has 7 nitrogen and oxygen atoms in total. The van der Waals surface area contributed by atoms with E-state index in [2.05, 4.69) is 0 Å². The molecule has 29 heavy (non-hydrogen) atoms. The van der Waals surface area contributed by atoms with Crippen LogP contribution in [0.1, 0.15) is 21.5 Å². The van der Waals surface area contributed by atoms with E-state index in [0.29, 0.717) is 37.4 Å². The van der Waals surface area contributed by atoms with E-state index in [1.165, 1.54) is 9.21 Å². The van der Waals surface area contributed by atoms with Gasteiger partial charge in [0.05, 0.1) is 23.7 Å². The minimum Gasteiger partial charge on any atom is -0.291 e. The molecule has 1 saturated heterocycles. The van der Waals surface area contributed by atoms with Gasteiger partial charge in [0, 0.05) is 26.2 Å². The molecule has 8 heteroatoms. The fourth-order valence-electron chi connectivity index (χ4n) is 3.78. The first kappa shape index (κ1) is 19.8. The first-order valence-corrected chi connectivity index (χ1v) is 11.2. The quantitative estimate of drug-likeness (QED) is 0.697. The summed E-state index contributed by atoms with van der Waals surface area (Å²) in [5.74, 6) is -1.02. The van der Waals surface area contributed by atoms with Crippen molar-refractivity contribution in [2.75, 3.05) is 37.7 Å². The summed E-state index contributed by atoms with van der Waals surface area (Å²) in [6.07, 6.45) is 0. The molecule has 0 atom stereocenters. The van der Waals surface area contributed by atoms with E-state index in [4.69, 9.17) is 0 Å². The molecule has 2 aromatic rings. The number of hydrogen-bond acceptors (Lipinski definition) is 5. The number of Topliss-reactive ketones (excluding diaryl/α,β-unsaturated/α-hetero) is 1. The van der Waals surface area contributed by atoms with Crippen molar-refractivity contribution >= 4 is 27.4 Å². The third-order valence-corrected chi connectivity index (χ3v) is 7.23. The summed E-state index contributed by atoms with van der Waals surface area (Å²) in [5, 5.41) is 0. The summed E-state index contributed by atoms with van der Waals surface area (Å²) >= 11 is 0. The molecule has 2 aromatic carbocycles. The lowest BCUT2D eigenvalue weighted by Gasteiger charge is -2.35. The molecule has 0 N–H and O–H groups in total. The molecule has 2 heterocycles. The van der Waals surface area contributed by atoms with Gasteiger partial charge >= 0.3 is 5.91 Å². The summed E-state index contributed by atoms with van der Waals surface area (Å²) in [7, 11) is -3.39. The summed E-state index contributed by atoms with van der Waals surface area (Å²) in [5.41, 5.74) is 2.77. The second-order valence-corrected chi connectivity index (χ2v) is 9.45. The van der Waals surface area contributed by atoms with Gasteiger partial charge in [-0.3, -0.25) is 19.4 Å². The summed E-state index contributed by atoms with van der Waals surface area (Å²) < 4.78 is 26.9. The van der Waals surface area contributed by atoms with E-state index in [1.54, 1.807) is 12.1 Å². The van der Waals surface area contributed by atoms with Crippen LogP contribution in [0.4, 0.5) is 5.69 Å². The van der Waals surface area contributed by atoms with Crippen molar-refractivity contribution in [2.45, 2.75) is 12.7 Å². The highest BCUT2D eigenvalue weighted by molar-refractivity contribution is 7.88. The number of hydrogen-bond donors (Lipinski definition) is 0. The molecule has 0 bridgehead atoms. The number of aryl methyl sites for hydroxylation is 1. The maximum Gasteiger partial charge on any atom is 0.300 e. The predicted molar refractivity (Wildman–Crippen MR) is 110 cm³/mol. The molecular formula is C21H23N3O4S. The van der Waals surface area contributed by atoms with Crippen LogP contribution in [-0.2, 0) is 20.6 Å². The van der Waals surface area contributed by atoms with Gasteiger partial charge in [-0.15, -0.1) is 0 Å². The smallest absolute Gasteiger partial charge is 0.291 e. The molecule has 0 radical (unpaired) electrons. The minimum absolute atomic E-state index is 0.0142. The molecule has 2 aliphatic heterocycles. The van der Waals surface area contributed by atoms with Crippen molar-refractivity contribution in [2.24, 2.45) is 0 Å². The van der Waals surface area contributed by atoms with E-state index in [9.17, 15) is 18.0 Å². The molecule has 0 aromatic heterocycles. The fraction of sp³-hybridized carbons (Fsp3) is 0.333. The first-order valence-electron chi connectivity index (χ1n) is 9.56. The van der Waals surface area contributed by atoms with Crippen molar-refractivity contribution in [1.29, 1.82) is 0 Å². The van der Waals surface area contributed by atoms with E-state index in [0.717, 1.165) is 11.1 Å². The molecule has 2 aliphatic rings. The van der Waals surface area contributed by atoms with Crippen molar-refractivity contribution < 1.29 is 18.0 Å². The van der Waals surface area contributed by atoms with Crippen LogP contribution >= 0.6 is 0 Å². The third kappa shape index (κ3) is 3.96. The maximum atomic E-state index is 12.7. The van der Waals surface area contributed by atoms with E-state index >= 15 is 0 Å². The van der Waals surface area contributed by atoms with Crippen LogP contribution in [0.25, 0.3) is 0 Å². The van der Waals surface area contributed by atoms with Crippen LogP contribution in [0.2, 0.25) is 0 Å². The average Bonchev–Trinajstić information content (AvgIpc) is 2.93. The molecular weight excluding hydrogens is 390 g/mol. The minimum atomic E-state index is -3.39. The van der Waals surface area contributed by atoms with Crippen molar-refractivity contribution in [1.82, 2.24) is 9.21 Å². The number of carbonyl (C=O) groups excluding carboxylic acids is 2. The van der Waals surface area contributed by atoms with E-state index in [1.807, 2.05) is 48.2 Å². The Labute approximate surface area is 170 Å². The number of rotatable bonds is 5. The average molecular weight is 413 g/mol. The molecule has 1 fully saturated rings. The lowest BCUT2D eigenvalue weighted by Crippen LogP contribution is -2.52. The maximum absolute atomic E-state index is 12.7. The van der Waals surface area contributed by atoms with Crippen LogP contribution in [0.5, 0.6) is 0 Å². The molecule has 4 rings (SSSR count). The van der Waals surface area contributed by atoms with Gasteiger partial charge < -0.3 is 0 Å². The Morgan fingerprint density at radius 2 is 1.62 bits per heavy atom. The third-order valence-electron chi connectivity index (χ3n) is 5.38. The first-order chi connectivity index (χ1) is 13.8. The molecule has 1 amide bonds. The zero-order chi connectivity index (χ0) is 20.6. The SMILES string of the molecule is Cc1ccc2c(c1)C(=O)C(=O)N2CN1CCN(S(=O)(=O)Cc2ccccc2)CC1. The van der Waals surface area contributed by atoms with Gasteiger partial charge in [-0.25, -0.2) is 8.42 Å². The van der Waals surface area contributed by atoms with Gasteiger partial charge in [-0.1, -0.05) is 42.0 Å². The number of ketones is 1. The zero-order valence-corrected chi connectivity index (χ0v) is 17.1. The van der Waals surface area contributed by atoms with E-state index in [-0.39, 0.29) is 12.4 Å². The van der Waals surface area contributed by atoms with Gasteiger partial charge in [0.15, 0.2) is 0 Å². The van der Waals surface area contributed by atoms with Gasteiger partial charge in [0.25, 0.3) is 5.78 Å². The van der Waals surface area contributed by atoms with E-state index < -0.39 is 21.7 Å². The zero-order valence-electron chi connectivity index (χ0n) is 16.2. The van der Waals surface area contributed by atoms with Crippen molar-refractivity contribution in [3.63, 3.8) is 0 Å². The molecule has 0 spiro atoms. The summed E-state index contributed by atoms with van der Waals surface area (Å²) in [4.78, 5) is 28.2. The van der Waals surface area contributed by atoms with Gasteiger partial charge in [0.1, 0.15) is 0 Å².